The van der Waals surface area contributed by atoms with Gasteiger partial charge in [-0.25, -0.2) is 4.79 Å². The zero-order chi connectivity index (χ0) is 14.5. The Morgan fingerprint density at radius 2 is 1.75 bits per heavy atom. The van der Waals surface area contributed by atoms with E-state index in [1.54, 1.807) is 0 Å². The fraction of sp³-hybridized carbons (Fsp3) is 0.235. The van der Waals surface area contributed by atoms with Gasteiger partial charge in [-0.2, -0.15) is 0 Å². The maximum Gasteiger partial charge on any atom is 0.332 e. The Morgan fingerprint density at radius 3 is 2.40 bits per heavy atom. The van der Waals surface area contributed by atoms with Crippen molar-refractivity contribution in [3.63, 3.8) is 0 Å². The molecule has 1 atom stereocenters. The summed E-state index contributed by atoms with van der Waals surface area (Å²) >= 11 is 0. The first-order valence-electron chi connectivity index (χ1n) is 6.59. The lowest BCUT2D eigenvalue weighted by Crippen LogP contribution is -2.23. The summed E-state index contributed by atoms with van der Waals surface area (Å²) in [5, 5.41) is 3.24. The Hall–Kier alpha value is -2.29. The summed E-state index contributed by atoms with van der Waals surface area (Å²) in [6.07, 6.45) is 0. The van der Waals surface area contributed by atoms with E-state index in [0.29, 0.717) is 0 Å². The van der Waals surface area contributed by atoms with Gasteiger partial charge in [-0.15, -0.1) is 0 Å². The van der Waals surface area contributed by atoms with Crippen LogP contribution in [0.5, 0.6) is 0 Å². The van der Waals surface area contributed by atoms with Crippen molar-refractivity contribution in [2.75, 3.05) is 12.4 Å². The van der Waals surface area contributed by atoms with Crippen molar-refractivity contribution in [3.8, 4) is 0 Å². The standard InChI is InChI=1S/C17H19NO2/c1-12-8-7-11-15(13(12)2)16(17(19)20-3)18-14-9-5-4-6-10-14/h4-11,16,18H,1-3H3. The van der Waals surface area contributed by atoms with Gasteiger partial charge in [0.15, 0.2) is 6.04 Å². The van der Waals surface area contributed by atoms with Crippen molar-refractivity contribution in [1.82, 2.24) is 0 Å². The predicted octanol–water partition coefficient (Wildman–Crippen LogP) is 3.63. The fourth-order valence-electron chi connectivity index (χ4n) is 2.17. The summed E-state index contributed by atoms with van der Waals surface area (Å²) in [5.74, 6) is -0.289. The molecule has 0 saturated carbocycles. The molecule has 104 valence electrons. The lowest BCUT2D eigenvalue weighted by atomic mass is 9.97. The third-order valence-electron chi connectivity index (χ3n) is 3.48. The van der Waals surface area contributed by atoms with Crippen LogP contribution in [-0.2, 0) is 9.53 Å². The van der Waals surface area contributed by atoms with Gasteiger partial charge in [0.2, 0.25) is 0 Å². The number of carbonyl (C=O) groups excluding carboxylic acids is 1. The molecule has 2 aromatic rings. The lowest BCUT2D eigenvalue weighted by Gasteiger charge is -2.20. The molecule has 0 radical (unpaired) electrons. The van der Waals surface area contributed by atoms with Gasteiger partial charge in [-0.1, -0.05) is 36.4 Å². The number of carbonyl (C=O) groups is 1. The Kier molecular flexibility index (Phi) is 4.41. The average molecular weight is 269 g/mol. The fourth-order valence-corrected chi connectivity index (χ4v) is 2.17. The molecule has 0 aliphatic heterocycles. The van der Waals surface area contributed by atoms with Crippen LogP contribution in [0.15, 0.2) is 48.5 Å². The highest BCUT2D eigenvalue weighted by atomic mass is 16.5. The number of benzene rings is 2. The van der Waals surface area contributed by atoms with Crippen molar-refractivity contribution in [2.24, 2.45) is 0 Å². The monoisotopic (exact) mass is 269 g/mol. The molecule has 0 spiro atoms. The van der Waals surface area contributed by atoms with E-state index in [1.165, 1.54) is 7.11 Å². The molecule has 1 N–H and O–H groups in total. The molecule has 20 heavy (non-hydrogen) atoms. The minimum Gasteiger partial charge on any atom is -0.467 e. The lowest BCUT2D eigenvalue weighted by molar-refractivity contribution is -0.141. The van der Waals surface area contributed by atoms with Gasteiger partial charge in [0.25, 0.3) is 0 Å². The van der Waals surface area contributed by atoms with E-state index in [4.69, 9.17) is 4.74 Å². The molecule has 2 aromatic carbocycles. The quantitative estimate of drug-likeness (QED) is 0.861. The summed E-state index contributed by atoms with van der Waals surface area (Å²) in [5.41, 5.74) is 4.10. The Morgan fingerprint density at radius 1 is 1.05 bits per heavy atom. The second-order valence-corrected chi connectivity index (χ2v) is 4.76. The van der Waals surface area contributed by atoms with E-state index in [9.17, 15) is 4.79 Å². The van der Waals surface area contributed by atoms with Gasteiger partial charge in [0, 0.05) is 5.69 Å². The third kappa shape index (κ3) is 2.99. The second-order valence-electron chi connectivity index (χ2n) is 4.76. The van der Waals surface area contributed by atoms with Crippen LogP contribution in [0.3, 0.4) is 0 Å². The predicted molar refractivity (Wildman–Crippen MR) is 80.7 cm³/mol. The summed E-state index contributed by atoms with van der Waals surface area (Å²) in [6.45, 7) is 4.06. The van der Waals surface area contributed by atoms with Crippen LogP contribution in [0.1, 0.15) is 22.7 Å². The SMILES string of the molecule is COC(=O)C(Nc1ccccc1)c1cccc(C)c1C. The maximum absolute atomic E-state index is 12.1. The molecular formula is C17H19NO2. The van der Waals surface area contributed by atoms with E-state index >= 15 is 0 Å². The normalized spacial score (nSPS) is 11.8. The zero-order valence-electron chi connectivity index (χ0n) is 12.0. The smallest absolute Gasteiger partial charge is 0.332 e. The molecule has 0 aromatic heterocycles. The Labute approximate surface area is 119 Å². The van der Waals surface area contributed by atoms with Gasteiger partial charge in [-0.05, 0) is 42.7 Å². The average Bonchev–Trinajstić information content (AvgIpc) is 2.48. The molecule has 0 fully saturated rings. The molecule has 0 amide bonds. The van der Waals surface area contributed by atoms with Crippen LogP contribution >= 0.6 is 0 Å². The Bertz CT molecular complexity index is 593. The summed E-state index contributed by atoms with van der Waals surface area (Å²) in [7, 11) is 1.41. The van der Waals surface area contributed by atoms with Crippen LogP contribution in [0, 0.1) is 13.8 Å². The van der Waals surface area contributed by atoms with Crippen molar-refractivity contribution < 1.29 is 9.53 Å². The molecule has 0 heterocycles. The first-order chi connectivity index (χ1) is 9.63. The first kappa shape index (κ1) is 14.1. The zero-order valence-corrected chi connectivity index (χ0v) is 12.0. The Balaban J connectivity index is 2.38. The number of hydrogen-bond donors (Lipinski definition) is 1. The number of aryl methyl sites for hydroxylation is 1. The second kappa shape index (κ2) is 6.24. The summed E-state index contributed by atoms with van der Waals surface area (Å²) in [4.78, 5) is 12.1. The molecule has 1 unspecified atom stereocenters. The van der Waals surface area contributed by atoms with Gasteiger partial charge < -0.3 is 10.1 Å². The van der Waals surface area contributed by atoms with Crippen molar-refractivity contribution in [1.29, 1.82) is 0 Å². The van der Waals surface area contributed by atoms with Crippen LogP contribution in [0.4, 0.5) is 5.69 Å². The van der Waals surface area contributed by atoms with E-state index < -0.39 is 6.04 Å². The number of nitrogens with one attached hydrogen (secondary N) is 1. The van der Waals surface area contributed by atoms with Crippen LogP contribution in [0.25, 0.3) is 0 Å². The molecule has 0 bridgehead atoms. The van der Waals surface area contributed by atoms with Crippen LogP contribution in [-0.4, -0.2) is 13.1 Å². The minimum atomic E-state index is -0.498. The van der Waals surface area contributed by atoms with Gasteiger partial charge >= 0.3 is 5.97 Å². The number of para-hydroxylation sites is 1. The highest BCUT2D eigenvalue weighted by Gasteiger charge is 2.23. The van der Waals surface area contributed by atoms with Crippen LogP contribution < -0.4 is 5.32 Å². The number of esters is 1. The molecular weight excluding hydrogens is 250 g/mol. The number of methoxy groups -OCH3 is 1. The van der Waals surface area contributed by atoms with Crippen molar-refractivity contribution >= 4 is 11.7 Å². The topological polar surface area (TPSA) is 38.3 Å². The van der Waals surface area contributed by atoms with E-state index in [1.807, 2.05) is 62.4 Å². The highest BCUT2D eigenvalue weighted by Crippen LogP contribution is 2.25. The molecule has 0 aliphatic carbocycles. The minimum absolute atomic E-state index is 0.289. The molecule has 3 heteroatoms. The number of hydrogen-bond acceptors (Lipinski definition) is 3. The van der Waals surface area contributed by atoms with Crippen LogP contribution in [0.2, 0.25) is 0 Å². The summed E-state index contributed by atoms with van der Waals surface area (Å²) < 4.78 is 4.93. The number of rotatable bonds is 4. The van der Waals surface area contributed by atoms with Gasteiger partial charge in [0.1, 0.15) is 0 Å². The van der Waals surface area contributed by atoms with E-state index in [-0.39, 0.29) is 5.97 Å². The number of anilines is 1. The van der Waals surface area contributed by atoms with Gasteiger partial charge in [-0.3, -0.25) is 0 Å². The van der Waals surface area contributed by atoms with Crippen molar-refractivity contribution in [3.05, 3.63) is 65.2 Å². The molecule has 0 aliphatic rings. The molecule has 3 nitrogen and oxygen atoms in total. The summed E-state index contributed by atoms with van der Waals surface area (Å²) in [6, 6.07) is 15.1. The number of ether oxygens (including phenoxy) is 1. The third-order valence-corrected chi connectivity index (χ3v) is 3.48. The van der Waals surface area contributed by atoms with Crippen molar-refractivity contribution in [2.45, 2.75) is 19.9 Å². The first-order valence-corrected chi connectivity index (χ1v) is 6.59. The molecule has 2 rings (SSSR count). The highest BCUT2D eigenvalue weighted by molar-refractivity contribution is 5.81. The maximum atomic E-state index is 12.1. The largest absolute Gasteiger partial charge is 0.467 e. The van der Waals surface area contributed by atoms with Gasteiger partial charge in [0.05, 0.1) is 7.11 Å². The van der Waals surface area contributed by atoms with E-state index in [0.717, 1.165) is 22.4 Å². The molecule has 0 saturated heterocycles. The van der Waals surface area contributed by atoms with E-state index in [2.05, 4.69) is 5.32 Å².